The Morgan fingerprint density at radius 2 is 1.75 bits per heavy atom. The summed E-state index contributed by atoms with van der Waals surface area (Å²) in [5.41, 5.74) is 0.666. The Hall–Kier alpha value is -1.45. The number of benzene rings is 1. The Morgan fingerprint density at radius 1 is 1.06 bits per heavy atom. The molecule has 0 N–H and O–H groups in total. The first kappa shape index (κ1) is 11.0. The van der Waals surface area contributed by atoms with Crippen LogP contribution in [0.2, 0.25) is 10.0 Å². The monoisotopic (exact) mass is 252 g/mol. The van der Waals surface area contributed by atoms with Crippen LogP contribution in [0.3, 0.4) is 0 Å². The lowest BCUT2D eigenvalue weighted by molar-refractivity contribution is 0.103. The Kier molecular flexibility index (Phi) is 3.17. The lowest BCUT2D eigenvalue weighted by Crippen LogP contribution is -2.04. The van der Waals surface area contributed by atoms with E-state index in [0.717, 1.165) is 0 Å². The minimum atomic E-state index is -0.252. The first-order valence-electron chi connectivity index (χ1n) is 4.43. The molecular weight excluding hydrogens is 247 g/mol. The van der Waals surface area contributed by atoms with Crippen molar-refractivity contribution in [1.29, 1.82) is 0 Å². The van der Waals surface area contributed by atoms with Gasteiger partial charge in [0.1, 0.15) is 5.69 Å². The van der Waals surface area contributed by atoms with Gasteiger partial charge in [-0.05, 0) is 18.2 Å². The fraction of sp³-hybridized carbons (Fsp3) is 0. The highest BCUT2D eigenvalue weighted by Crippen LogP contribution is 2.20. The van der Waals surface area contributed by atoms with Gasteiger partial charge in [0.2, 0.25) is 5.78 Å². The molecule has 0 aliphatic carbocycles. The molecule has 0 fully saturated rings. The molecule has 2 rings (SSSR count). The van der Waals surface area contributed by atoms with E-state index in [0.29, 0.717) is 15.6 Å². The number of hydrogen-bond acceptors (Lipinski definition) is 3. The van der Waals surface area contributed by atoms with Crippen LogP contribution >= 0.6 is 23.2 Å². The summed E-state index contributed by atoms with van der Waals surface area (Å²) in [5.74, 6) is -0.252. The number of halogens is 2. The molecule has 2 aromatic rings. The molecule has 1 aromatic carbocycles. The maximum atomic E-state index is 11.9. The molecule has 0 radical (unpaired) electrons. The van der Waals surface area contributed by atoms with Crippen molar-refractivity contribution in [3.63, 3.8) is 0 Å². The zero-order valence-electron chi connectivity index (χ0n) is 8.02. The normalized spacial score (nSPS) is 10.1. The molecule has 0 bridgehead atoms. The summed E-state index contributed by atoms with van der Waals surface area (Å²) in [6.45, 7) is 0. The Morgan fingerprint density at radius 3 is 2.31 bits per heavy atom. The van der Waals surface area contributed by atoms with Gasteiger partial charge in [-0.1, -0.05) is 23.2 Å². The zero-order valence-corrected chi connectivity index (χ0v) is 9.53. The number of nitrogens with zero attached hydrogens (tertiary/aromatic N) is 2. The summed E-state index contributed by atoms with van der Waals surface area (Å²) < 4.78 is 0. The van der Waals surface area contributed by atoms with Crippen molar-refractivity contribution < 1.29 is 4.79 Å². The molecule has 0 unspecified atom stereocenters. The summed E-state index contributed by atoms with van der Waals surface area (Å²) in [4.78, 5) is 19.7. The lowest BCUT2D eigenvalue weighted by atomic mass is 10.1. The fourth-order valence-electron chi connectivity index (χ4n) is 1.25. The molecule has 1 heterocycles. The van der Waals surface area contributed by atoms with Gasteiger partial charge in [0.15, 0.2) is 0 Å². The van der Waals surface area contributed by atoms with E-state index in [-0.39, 0.29) is 11.5 Å². The predicted octanol–water partition coefficient (Wildman–Crippen LogP) is 3.01. The molecule has 5 heteroatoms. The van der Waals surface area contributed by atoms with Gasteiger partial charge in [0, 0.05) is 28.0 Å². The van der Waals surface area contributed by atoms with Crippen LogP contribution in [0.4, 0.5) is 0 Å². The van der Waals surface area contributed by atoms with Gasteiger partial charge in [-0.15, -0.1) is 0 Å². The Balaban J connectivity index is 2.42. The van der Waals surface area contributed by atoms with Crippen LogP contribution in [0, 0.1) is 0 Å². The average molecular weight is 253 g/mol. The first-order valence-corrected chi connectivity index (χ1v) is 5.19. The molecule has 0 saturated heterocycles. The molecule has 0 spiro atoms. The van der Waals surface area contributed by atoms with Crippen molar-refractivity contribution in [2.24, 2.45) is 0 Å². The van der Waals surface area contributed by atoms with E-state index in [4.69, 9.17) is 23.2 Å². The molecule has 80 valence electrons. The Labute approximate surface area is 102 Å². The molecule has 0 amide bonds. The summed E-state index contributed by atoms with van der Waals surface area (Å²) in [7, 11) is 0. The maximum Gasteiger partial charge on any atom is 0.213 e. The van der Waals surface area contributed by atoms with E-state index in [2.05, 4.69) is 9.97 Å². The third-order valence-electron chi connectivity index (χ3n) is 1.92. The molecule has 0 atom stereocenters. The molecule has 0 aliphatic rings. The third kappa shape index (κ3) is 2.38. The van der Waals surface area contributed by atoms with E-state index in [1.165, 1.54) is 18.6 Å². The standard InChI is InChI=1S/C11H6Cl2N2O/c12-8-3-7(4-9(13)5-8)11(16)10-6-14-1-2-15-10/h1-6H. The lowest BCUT2D eigenvalue weighted by Gasteiger charge is -2.01. The Bertz CT molecular complexity index is 509. The molecule has 16 heavy (non-hydrogen) atoms. The van der Waals surface area contributed by atoms with Gasteiger partial charge >= 0.3 is 0 Å². The van der Waals surface area contributed by atoms with Crippen LogP contribution in [-0.4, -0.2) is 15.8 Å². The smallest absolute Gasteiger partial charge is 0.213 e. The number of rotatable bonds is 2. The van der Waals surface area contributed by atoms with Crippen LogP contribution in [-0.2, 0) is 0 Å². The van der Waals surface area contributed by atoms with E-state index in [1.807, 2.05) is 0 Å². The quantitative estimate of drug-likeness (QED) is 0.772. The van der Waals surface area contributed by atoms with Gasteiger partial charge in [-0.25, -0.2) is 4.98 Å². The van der Waals surface area contributed by atoms with Crippen molar-refractivity contribution in [3.05, 3.63) is 58.1 Å². The number of carbonyl (C=O) groups is 1. The van der Waals surface area contributed by atoms with Crippen LogP contribution in [0.1, 0.15) is 16.1 Å². The zero-order chi connectivity index (χ0) is 11.5. The first-order chi connectivity index (χ1) is 7.66. The van der Waals surface area contributed by atoms with Crippen molar-refractivity contribution in [1.82, 2.24) is 9.97 Å². The maximum absolute atomic E-state index is 11.9. The second kappa shape index (κ2) is 4.60. The number of aromatic nitrogens is 2. The average Bonchev–Trinajstić information content (AvgIpc) is 2.28. The molecule has 0 saturated carbocycles. The summed E-state index contributed by atoms with van der Waals surface area (Å²) in [6.07, 6.45) is 4.36. The van der Waals surface area contributed by atoms with Crippen molar-refractivity contribution in [2.75, 3.05) is 0 Å². The summed E-state index contributed by atoms with van der Waals surface area (Å²) in [5, 5.41) is 0.833. The minimum Gasteiger partial charge on any atom is -0.287 e. The van der Waals surface area contributed by atoms with Gasteiger partial charge < -0.3 is 0 Å². The van der Waals surface area contributed by atoms with Gasteiger partial charge in [0.25, 0.3) is 0 Å². The highest BCUT2D eigenvalue weighted by Gasteiger charge is 2.11. The fourth-order valence-corrected chi connectivity index (χ4v) is 1.78. The van der Waals surface area contributed by atoms with E-state index in [9.17, 15) is 4.79 Å². The second-order valence-corrected chi connectivity index (χ2v) is 3.95. The van der Waals surface area contributed by atoms with Crippen molar-refractivity contribution >= 4 is 29.0 Å². The van der Waals surface area contributed by atoms with Crippen LogP contribution < -0.4 is 0 Å². The predicted molar refractivity (Wildman–Crippen MR) is 61.9 cm³/mol. The second-order valence-electron chi connectivity index (χ2n) is 3.08. The van der Waals surface area contributed by atoms with Gasteiger partial charge in [-0.2, -0.15) is 0 Å². The van der Waals surface area contributed by atoms with Gasteiger partial charge in [-0.3, -0.25) is 9.78 Å². The van der Waals surface area contributed by atoms with E-state index < -0.39 is 0 Å². The molecular formula is C11H6Cl2N2O. The summed E-state index contributed by atoms with van der Waals surface area (Å²) in [6, 6.07) is 4.66. The number of carbonyl (C=O) groups excluding carboxylic acids is 1. The van der Waals surface area contributed by atoms with Crippen molar-refractivity contribution in [2.45, 2.75) is 0 Å². The minimum absolute atomic E-state index is 0.252. The third-order valence-corrected chi connectivity index (χ3v) is 2.36. The topological polar surface area (TPSA) is 42.9 Å². The van der Waals surface area contributed by atoms with E-state index >= 15 is 0 Å². The van der Waals surface area contributed by atoms with Gasteiger partial charge in [0.05, 0.1) is 6.20 Å². The molecule has 3 nitrogen and oxygen atoms in total. The number of hydrogen-bond donors (Lipinski definition) is 0. The van der Waals surface area contributed by atoms with Crippen LogP contribution in [0.15, 0.2) is 36.8 Å². The highest BCUT2D eigenvalue weighted by atomic mass is 35.5. The number of ketones is 1. The van der Waals surface area contributed by atoms with Crippen LogP contribution in [0.5, 0.6) is 0 Å². The molecule has 0 aliphatic heterocycles. The molecule has 1 aromatic heterocycles. The largest absolute Gasteiger partial charge is 0.287 e. The SMILES string of the molecule is O=C(c1cc(Cl)cc(Cl)c1)c1cnccn1. The van der Waals surface area contributed by atoms with Crippen LogP contribution in [0.25, 0.3) is 0 Å². The van der Waals surface area contributed by atoms with E-state index in [1.54, 1.807) is 18.2 Å². The van der Waals surface area contributed by atoms with Crippen molar-refractivity contribution in [3.8, 4) is 0 Å². The summed E-state index contributed by atoms with van der Waals surface area (Å²) >= 11 is 11.6. The highest BCUT2D eigenvalue weighted by molar-refractivity contribution is 6.35.